The van der Waals surface area contributed by atoms with Gasteiger partial charge in [-0.1, -0.05) is 12.1 Å². The van der Waals surface area contributed by atoms with Crippen molar-refractivity contribution in [1.29, 1.82) is 0 Å². The summed E-state index contributed by atoms with van der Waals surface area (Å²) in [6.45, 7) is 1.91. The van der Waals surface area contributed by atoms with E-state index in [9.17, 15) is 9.59 Å². The molecule has 2 aliphatic carbocycles. The summed E-state index contributed by atoms with van der Waals surface area (Å²) in [6, 6.07) is 16.1. The number of amides is 2. The minimum Gasteiger partial charge on any atom is -0.322 e. The van der Waals surface area contributed by atoms with Gasteiger partial charge in [0.1, 0.15) is 0 Å². The first kappa shape index (κ1) is 18.4. The molecule has 2 amide bonds. The highest BCUT2D eigenvalue weighted by Gasteiger charge is 2.39. The molecular formula is C24H27N3O2. The summed E-state index contributed by atoms with van der Waals surface area (Å²) in [5.74, 6) is 1.49. The molecule has 0 spiro atoms. The van der Waals surface area contributed by atoms with Crippen molar-refractivity contribution in [3.05, 3.63) is 59.7 Å². The van der Waals surface area contributed by atoms with Gasteiger partial charge in [0.25, 0.3) is 5.91 Å². The first-order chi connectivity index (χ1) is 14.2. The smallest absolute Gasteiger partial charge is 0.255 e. The van der Waals surface area contributed by atoms with Crippen LogP contribution in [-0.2, 0) is 4.79 Å². The van der Waals surface area contributed by atoms with E-state index in [1.165, 1.54) is 18.4 Å². The summed E-state index contributed by atoms with van der Waals surface area (Å²) in [5.41, 5.74) is 3.57. The molecule has 3 fully saturated rings. The Balaban J connectivity index is 1.20. The Morgan fingerprint density at radius 1 is 1.10 bits per heavy atom. The van der Waals surface area contributed by atoms with Crippen molar-refractivity contribution < 1.29 is 9.59 Å². The summed E-state index contributed by atoms with van der Waals surface area (Å²) >= 11 is 0. The minimum atomic E-state index is -0.0972. The topological polar surface area (TPSA) is 61.4 Å². The number of carbonyl (C=O) groups is 2. The van der Waals surface area contributed by atoms with Crippen molar-refractivity contribution in [2.24, 2.45) is 5.92 Å². The maximum atomic E-state index is 12.7. The zero-order valence-corrected chi connectivity index (χ0v) is 16.6. The third-order valence-corrected chi connectivity index (χ3v) is 6.24. The van der Waals surface area contributed by atoms with Gasteiger partial charge >= 0.3 is 0 Å². The number of hydrogen-bond donors (Lipinski definition) is 2. The third-order valence-electron chi connectivity index (χ3n) is 6.24. The van der Waals surface area contributed by atoms with Gasteiger partial charge in [-0.3, -0.25) is 9.59 Å². The summed E-state index contributed by atoms with van der Waals surface area (Å²) in [7, 11) is 0. The van der Waals surface area contributed by atoms with Gasteiger partial charge in [-0.15, -0.1) is 0 Å². The van der Waals surface area contributed by atoms with E-state index in [1.54, 1.807) is 4.90 Å². The maximum absolute atomic E-state index is 12.7. The molecule has 5 nitrogen and oxygen atoms in total. The molecule has 29 heavy (non-hydrogen) atoms. The number of carbonyl (C=O) groups excluding carboxylic acids is 2. The van der Waals surface area contributed by atoms with Gasteiger partial charge in [-0.2, -0.15) is 0 Å². The number of anilines is 2. The quantitative estimate of drug-likeness (QED) is 0.754. The van der Waals surface area contributed by atoms with Crippen LogP contribution in [-0.4, -0.2) is 30.9 Å². The maximum Gasteiger partial charge on any atom is 0.255 e. The minimum absolute atomic E-state index is 0.0972. The van der Waals surface area contributed by atoms with Crippen LogP contribution in [0.2, 0.25) is 0 Å². The van der Waals surface area contributed by atoms with E-state index in [-0.39, 0.29) is 11.8 Å². The zero-order valence-electron chi connectivity index (χ0n) is 16.6. The van der Waals surface area contributed by atoms with E-state index in [2.05, 4.69) is 16.7 Å². The highest BCUT2D eigenvalue weighted by atomic mass is 16.2. The van der Waals surface area contributed by atoms with Crippen LogP contribution in [0.25, 0.3) is 0 Å². The third kappa shape index (κ3) is 4.20. The predicted octanol–water partition coefficient (Wildman–Crippen LogP) is 3.92. The molecule has 0 unspecified atom stereocenters. The fourth-order valence-corrected chi connectivity index (χ4v) is 4.19. The fourth-order valence-electron chi connectivity index (χ4n) is 4.19. The number of benzene rings is 2. The van der Waals surface area contributed by atoms with E-state index in [1.807, 2.05) is 42.5 Å². The van der Waals surface area contributed by atoms with Crippen LogP contribution in [0.15, 0.2) is 48.5 Å². The van der Waals surface area contributed by atoms with Gasteiger partial charge in [0.2, 0.25) is 5.91 Å². The second-order valence-corrected chi connectivity index (χ2v) is 8.58. The Morgan fingerprint density at radius 2 is 1.93 bits per heavy atom. The normalized spacial score (nSPS) is 23.3. The Morgan fingerprint density at radius 3 is 2.66 bits per heavy atom. The van der Waals surface area contributed by atoms with Crippen molar-refractivity contribution in [3.8, 4) is 0 Å². The van der Waals surface area contributed by atoms with E-state index in [4.69, 9.17) is 0 Å². The van der Waals surface area contributed by atoms with Crippen LogP contribution in [0.4, 0.5) is 11.4 Å². The Bertz CT molecular complexity index is 920. The molecule has 2 saturated carbocycles. The lowest BCUT2D eigenvalue weighted by Crippen LogP contribution is -2.23. The SMILES string of the molecule is O=C(Nc1ccc(N2CCCC2=O)cc1)c1cccc([C@@H]2C[C@H]2NCC2CC2)c1. The second kappa shape index (κ2) is 7.64. The van der Waals surface area contributed by atoms with E-state index >= 15 is 0 Å². The van der Waals surface area contributed by atoms with Crippen molar-refractivity contribution in [2.45, 2.75) is 44.1 Å². The van der Waals surface area contributed by atoms with Gasteiger partial charge in [0, 0.05) is 41.9 Å². The standard InChI is InChI=1S/C24H27N3O2/c28-23-5-2-12-27(23)20-10-8-19(9-11-20)26-24(29)18-4-1-3-17(13-18)21-14-22(21)25-15-16-6-7-16/h1,3-4,8-11,13,16,21-22,25H,2,5-7,12,14-15H2,(H,26,29)/t21-,22+/m0/s1. The lowest BCUT2D eigenvalue weighted by Gasteiger charge is -2.16. The number of rotatable bonds is 7. The predicted molar refractivity (Wildman–Crippen MR) is 114 cm³/mol. The second-order valence-electron chi connectivity index (χ2n) is 8.58. The average Bonchev–Trinajstić information content (AvgIpc) is 3.66. The Kier molecular flexibility index (Phi) is 4.84. The van der Waals surface area contributed by atoms with Gasteiger partial charge in [-0.05, 0) is 80.1 Å². The molecular weight excluding hydrogens is 362 g/mol. The first-order valence-electron chi connectivity index (χ1n) is 10.7. The number of nitrogens with zero attached hydrogens (tertiary/aromatic N) is 1. The molecule has 5 heteroatoms. The molecule has 0 radical (unpaired) electrons. The summed E-state index contributed by atoms with van der Waals surface area (Å²) in [6.07, 6.45) is 5.43. The van der Waals surface area contributed by atoms with Crippen LogP contribution in [0.5, 0.6) is 0 Å². The molecule has 2 aromatic rings. The van der Waals surface area contributed by atoms with Gasteiger partial charge in [0.15, 0.2) is 0 Å². The zero-order chi connectivity index (χ0) is 19.8. The molecule has 2 atom stereocenters. The average molecular weight is 389 g/mol. The van der Waals surface area contributed by atoms with Crippen molar-refractivity contribution in [1.82, 2.24) is 5.32 Å². The summed E-state index contributed by atoms with van der Waals surface area (Å²) < 4.78 is 0. The summed E-state index contributed by atoms with van der Waals surface area (Å²) in [5, 5.41) is 6.63. The van der Waals surface area contributed by atoms with Crippen LogP contribution in [0.3, 0.4) is 0 Å². The monoisotopic (exact) mass is 389 g/mol. The Labute approximate surface area is 171 Å². The number of hydrogen-bond acceptors (Lipinski definition) is 3. The molecule has 0 bridgehead atoms. The molecule has 5 rings (SSSR count). The van der Waals surface area contributed by atoms with Gasteiger partial charge in [0.05, 0.1) is 0 Å². The van der Waals surface area contributed by atoms with Crippen molar-refractivity contribution in [2.75, 3.05) is 23.3 Å². The largest absolute Gasteiger partial charge is 0.322 e. The van der Waals surface area contributed by atoms with Crippen LogP contribution < -0.4 is 15.5 Å². The molecule has 1 aliphatic heterocycles. The Hall–Kier alpha value is -2.66. The van der Waals surface area contributed by atoms with Gasteiger partial charge < -0.3 is 15.5 Å². The molecule has 0 aromatic heterocycles. The van der Waals surface area contributed by atoms with E-state index in [0.29, 0.717) is 23.9 Å². The van der Waals surface area contributed by atoms with Crippen LogP contribution in [0, 0.1) is 5.92 Å². The molecule has 3 aliphatic rings. The molecule has 2 aromatic carbocycles. The lowest BCUT2D eigenvalue weighted by molar-refractivity contribution is -0.117. The van der Waals surface area contributed by atoms with E-state index < -0.39 is 0 Å². The van der Waals surface area contributed by atoms with Crippen molar-refractivity contribution >= 4 is 23.2 Å². The highest BCUT2D eigenvalue weighted by molar-refractivity contribution is 6.04. The molecule has 1 saturated heterocycles. The first-order valence-corrected chi connectivity index (χ1v) is 10.7. The molecule has 2 N–H and O–H groups in total. The summed E-state index contributed by atoms with van der Waals surface area (Å²) in [4.78, 5) is 26.4. The van der Waals surface area contributed by atoms with Crippen molar-refractivity contribution in [3.63, 3.8) is 0 Å². The molecule has 1 heterocycles. The van der Waals surface area contributed by atoms with Gasteiger partial charge in [-0.25, -0.2) is 0 Å². The van der Waals surface area contributed by atoms with Crippen LogP contribution in [0.1, 0.15) is 53.9 Å². The van der Waals surface area contributed by atoms with E-state index in [0.717, 1.165) is 43.2 Å². The highest BCUT2D eigenvalue weighted by Crippen LogP contribution is 2.42. The lowest BCUT2D eigenvalue weighted by atomic mass is 10.1. The number of nitrogens with one attached hydrogen (secondary N) is 2. The fraction of sp³-hybridized carbons (Fsp3) is 0.417. The molecule has 150 valence electrons. The van der Waals surface area contributed by atoms with Crippen LogP contribution >= 0.6 is 0 Å².